The smallest absolute Gasteiger partial charge is 0.337 e. The van der Waals surface area contributed by atoms with Crippen molar-refractivity contribution in [2.45, 2.75) is 31.7 Å². The number of nitrogens with one attached hydrogen (secondary N) is 1. The van der Waals surface area contributed by atoms with E-state index in [-0.39, 0.29) is 5.91 Å². The van der Waals surface area contributed by atoms with Crippen LogP contribution in [0.1, 0.15) is 35.2 Å². The lowest BCUT2D eigenvalue weighted by atomic mass is 9.77. The molecule has 1 aliphatic carbocycles. The Morgan fingerprint density at radius 2 is 2.05 bits per heavy atom. The first-order valence-electron chi connectivity index (χ1n) is 6.25. The second-order valence-corrected chi connectivity index (χ2v) is 4.99. The molecule has 2 rings (SSSR count). The molecule has 0 aliphatic heterocycles. The van der Waals surface area contributed by atoms with E-state index in [2.05, 4.69) is 10.1 Å². The molecule has 5 nitrogen and oxygen atoms in total. The summed E-state index contributed by atoms with van der Waals surface area (Å²) in [6.45, 7) is 1.86. The Bertz CT molecular complexity index is 521. The minimum Gasteiger partial charge on any atom is -0.465 e. The number of carbonyl (C=O) groups is 2. The van der Waals surface area contributed by atoms with E-state index >= 15 is 0 Å². The number of esters is 1. The number of anilines is 1. The standard InChI is InChI=1S/C14H18N2O3/c1-9-4-5-10(12(17)19-2)8-11(9)16-13(18)14(15)6-3-7-14/h4-5,8H,3,6-7,15H2,1-2H3,(H,16,18). The summed E-state index contributed by atoms with van der Waals surface area (Å²) < 4.78 is 4.66. The van der Waals surface area contributed by atoms with Crippen LogP contribution in [-0.2, 0) is 9.53 Å². The van der Waals surface area contributed by atoms with Crippen LogP contribution >= 0.6 is 0 Å². The summed E-state index contributed by atoms with van der Waals surface area (Å²) in [6.07, 6.45) is 2.38. The first-order valence-corrected chi connectivity index (χ1v) is 6.25. The number of benzene rings is 1. The molecule has 5 heteroatoms. The van der Waals surface area contributed by atoms with Crippen LogP contribution in [-0.4, -0.2) is 24.5 Å². The van der Waals surface area contributed by atoms with Crippen molar-refractivity contribution >= 4 is 17.6 Å². The van der Waals surface area contributed by atoms with Crippen LogP contribution in [0.3, 0.4) is 0 Å². The van der Waals surface area contributed by atoms with Gasteiger partial charge in [0.1, 0.15) is 0 Å². The second kappa shape index (κ2) is 5.01. The van der Waals surface area contributed by atoms with Gasteiger partial charge in [0.25, 0.3) is 0 Å². The first-order chi connectivity index (χ1) is 8.96. The highest BCUT2D eigenvalue weighted by atomic mass is 16.5. The van der Waals surface area contributed by atoms with E-state index in [1.54, 1.807) is 18.2 Å². The molecule has 1 amide bonds. The number of hydrogen-bond donors (Lipinski definition) is 2. The van der Waals surface area contributed by atoms with E-state index in [9.17, 15) is 9.59 Å². The molecule has 0 bridgehead atoms. The molecular formula is C14H18N2O3. The number of hydrogen-bond acceptors (Lipinski definition) is 4. The summed E-state index contributed by atoms with van der Waals surface area (Å²) in [5, 5.41) is 2.80. The average Bonchev–Trinajstić information content (AvgIpc) is 2.37. The topological polar surface area (TPSA) is 81.4 Å². The number of carbonyl (C=O) groups excluding carboxylic acids is 2. The monoisotopic (exact) mass is 262 g/mol. The summed E-state index contributed by atoms with van der Waals surface area (Å²) in [5.41, 5.74) is 7.09. The maximum atomic E-state index is 12.1. The highest BCUT2D eigenvalue weighted by Gasteiger charge is 2.40. The molecule has 19 heavy (non-hydrogen) atoms. The Balaban J connectivity index is 2.19. The fourth-order valence-electron chi connectivity index (χ4n) is 2.03. The molecule has 0 heterocycles. The number of methoxy groups -OCH3 is 1. The Morgan fingerprint density at radius 3 is 2.58 bits per heavy atom. The van der Waals surface area contributed by atoms with Crippen molar-refractivity contribution in [3.8, 4) is 0 Å². The van der Waals surface area contributed by atoms with Gasteiger partial charge in [-0.2, -0.15) is 0 Å². The average molecular weight is 262 g/mol. The summed E-state index contributed by atoms with van der Waals surface area (Å²) in [7, 11) is 1.32. The van der Waals surface area contributed by atoms with Crippen LogP contribution in [0.5, 0.6) is 0 Å². The van der Waals surface area contributed by atoms with Crippen molar-refractivity contribution < 1.29 is 14.3 Å². The first kappa shape index (κ1) is 13.5. The molecule has 0 saturated heterocycles. The Labute approximate surface area is 112 Å². The zero-order valence-electron chi connectivity index (χ0n) is 11.2. The van der Waals surface area contributed by atoms with Crippen molar-refractivity contribution in [2.75, 3.05) is 12.4 Å². The van der Waals surface area contributed by atoms with Crippen molar-refractivity contribution in [1.82, 2.24) is 0 Å². The van der Waals surface area contributed by atoms with Gasteiger partial charge < -0.3 is 15.8 Å². The second-order valence-electron chi connectivity index (χ2n) is 4.99. The number of aryl methyl sites for hydroxylation is 1. The van der Waals surface area contributed by atoms with Crippen molar-refractivity contribution in [1.29, 1.82) is 0 Å². The van der Waals surface area contributed by atoms with Crippen molar-refractivity contribution in [2.24, 2.45) is 5.73 Å². The summed E-state index contributed by atoms with van der Waals surface area (Å²) in [4.78, 5) is 23.5. The number of ether oxygens (including phenoxy) is 1. The van der Waals surface area contributed by atoms with Crippen LogP contribution < -0.4 is 11.1 Å². The molecule has 1 aliphatic rings. The SMILES string of the molecule is COC(=O)c1ccc(C)c(NC(=O)C2(N)CCC2)c1. The third-order valence-electron chi connectivity index (χ3n) is 3.60. The van der Waals surface area contributed by atoms with E-state index in [0.29, 0.717) is 24.1 Å². The van der Waals surface area contributed by atoms with Gasteiger partial charge in [0, 0.05) is 5.69 Å². The van der Waals surface area contributed by atoms with Crippen molar-refractivity contribution in [3.63, 3.8) is 0 Å². The lowest BCUT2D eigenvalue weighted by Gasteiger charge is -2.36. The molecule has 102 valence electrons. The third kappa shape index (κ3) is 2.61. The molecule has 0 radical (unpaired) electrons. The van der Waals surface area contributed by atoms with Gasteiger partial charge in [-0.1, -0.05) is 6.07 Å². The van der Waals surface area contributed by atoms with E-state index < -0.39 is 11.5 Å². The van der Waals surface area contributed by atoms with E-state index in [1.807, 2.05) is 6.92 Å². The zero-order valence-corrected chi connectivity index (χ0v) is 11.2. The maximum absolute atomic E-state index is 12.1. The Morgan fingerprint density at radius 1 is 1.37 bits per heavy atom. The van der Waals surface area contributed by atoms with Gasteiger partial charge in [-0.15, -0.1) is 0 Å². The molecule has 0 unspecified atom stereocenters. The lowest BCUT2D eigenvalue weighted by molar-refractivity contribution is -0.123. The van der Waals surface area contributed by atoms with Crippen molar-refractivity contribution in [3.05, 3.63) is 29.3 Å². The molecule has 0 aromatic heterocycles. The Hall–Kier alpha value is -1.88. The molecule has 1 aromatic carbocycles. The van der Waals surface area contributed by atoms with Crippen LogP contribution in [0.15, 0.2) is 18.2 Å². The number of amides is 1. The van der Waals surface area contributed by atoms with Crippen LogP contribution in [0.2, 0.25) is 0 Å². The van der Waals surface area contributed by atoms with Gasteiger partial charge in [0.2, 0.25) is 5.91 Å². The zero-order chi connectivity index (χ0) is 14.0. The normalized spacial score (nSPS) is 16.4. The fraction of sp³-hybridized carbons (Fsp3) is 0.429. The van der Waals surface area contributed by atoms with Gasteiger partial charge >= 0.3 is 5.97 Å². The lowest BCUT2D eigenvalue weighted by Crippen LogP contribution is -2.56. The van der Waals surface area contributed by atoms with E-state index in [4.69, 9.17) is 5.73 Å². The van der Waals surface area contributed by atoms with Gasteiger partial charge in [-0.25, -0.2) is 4.79 Å². The molecular weight excluding hydrogens is 244 g/mol. The molecule has 0 spiro atoms. The molecule has 0 atom stereocenters. The summed E-state index contributed by atoms with van der Waals surface area (Å²) in [5.74, 6) is -0.620. The predicted octanol–water partition coefficient (Wildman–Crippen LogP) is 1.60. The molecule has 1 aromatic rings. The van der Waals surface area contributed by atoms with Gasteiger partial charge in [-0.3, -0.25) is 4.79 Å². The minimum absolute atomic E-state index is 0.191. The largest absolute Gasteiger partial charge is 0.465 e. The highest BCUT2D eigenvalue weighted by Crippen LogP contribution is 2.30. The molecule has 1 saturated carbocycles. The number of nitrogens with two attached hydrogens (primary N) is 1. The maximum Gasteiger partial charge on any atom is 0.337 e. The van der Waals surface area contributed by atoms with Crippen LogP contribution in [0, 0.1) is 6.92 Å². The quantitative estimate of drug-likeness (QED) is 0.811. The van der Waals surface area contributed by atoms with Gasteiger partial charge in [0.05, 0.1) is 18.2 Å². The summed E-state index contributed by atoms with van der Waals surface area (Å²) >= 11 is 0. The molecule has 3 N–H and O–H groups in total. The van der Waals surface area contributed by atoms with Crippen LogP contribution in [0.25, 0.3) is 0 Å². The molecule has 1 fully saturated rings. The minimum atomic E-state index is -0.756. The third-order valence-corrected chi connectivity index (χ3v) is 3.60. The van der Waals surface area contributed by atoms with Gasteiger partial charge in [-0.05, 0) is 43.9 Å². The van der Waals surface area contributed by atoms with Crippen LogP contribution in [0.4, 0.5) is 5.69 Å². The Kier molecular flexibility index (Phi) is 3.57. The predicted molar refractivity (Wildman–Crippen MR) is 71.9 cm³/mol. The van der Waals surface area contributed by atoms with E-state index in [0.717, 1.165) is 12.0 Å². The van der Waals surface area contributed by atoms with E-state index in [1.165, 1.54) is 7.11 Å². The summed E-state index contributed by atoms with van der Waals surface area (Å²) in [6, 6.07) is 5.05. The highest BCUT2D eigenvalue weighted by molar-refractivity contribution is 6.00. The van der Waals surface area contributed by atoms with Gasteiger partial charge in [0.15, 0.2) is 0 Å². The fourth-order valence-corrected chi connectivity index (χ4v) is 2.03. The number of rotatable bonds is 3.